The summed E-state index contributed by atoms with van der Waals surface area (Å²) in [6, 6.07) is 5.48. The molecule has 158 valence electrons. The standard InChI is InChI=1S/C20H17F4N3O3/c1-9(20-26-10(2)27-30-20)25-19(29)13-6-11(5-12(7-13)17(28)18(23)24)15-4-3-14(21)8-16(15)22/h3-9,17-18,28H,1-2H3,(H,25,29). The summed E-state index contributed by atoms with van der Waals surface area (Å²) in [4.78, 5) is 16.7. The number of nitrogens with zero attached hydrogens (tertiary/aromatic N) is 2. The van der Waals surface area contributed by atoms with Gasteiger partial charge >= 0.3 is 0 Å². The van der Waals surface area contributed by atoms with E-state index in [2.05, 4.69) is 15.5 Å². The summed E-state index contributed by atoms with van der Waals surface area (Å²) in [5, 5.41) is 16.0. The van der Waals surface area contributed by atoms with E-state index < -0.39 is 36.1 Å². The van der Waals surface area contributed by atoms with Crippen LogP contribution in [-0.4, -0.2) is 27.6 Å². The molecule has 6 nitrogen and oxygen atoms in total. The summed E-state index contributed by atoms with van der Waals surface area (Å²) in [5.41, 5.74) is -0.503. The summed E-state index contributed by atoms with van der Waals surface area (Å²) < 4.78 is 58.5. The number of alkyl halides is 2. The number of hydrogen-bond acceptors (Lipinski definition) is 5. The lowest BCUT2D eigenvalue weighted by Crippen LogP contribution is -2.27. The molecule has 0 aliphatic heterocycles. The van der Waals surface area contributed by atoms with E-state index in [-0.39, 0.29) is 28.1 Å². The van der Waals surface area contributed by atoms with Gasteiger partial charge in [-0.3, -0.25) is 4.79 Å². The molecule has 0 aliphatic rings. The van der Waals surface area contributed by atoms with Gasteiger partial charge in [-0.1, -0.05) is 5.16 Å². The second-order valence-corrected chi connectivity index (χ2v) is 6.62. The molecule has 1 amide bonds. The first-order valence-electron chi connectivity index (χ1n) is 8.83. The number of nitrogens with one attached hydrogen (secondary N) is 1. The molecule has 10 heteroatoms. The molecule has 0 bridgehead atoms. The zero-order valence-corrected chi connectivity index (χ0v) is 15.9. The van der Waals surface area contributed by atoms with Crippen LogP contribution in [0.15, 0.2) is 40.9 Å². The van der Waals surface area contributed by atoms with E-state index in [9.17, 15) is 27.5 Å². The molecule has 0 aliphatic carbocycles. The highest BCUT2D eigenvalue weighted by molar-refractivity contribution is 5.96. The van der Waals surface area contributed by atoms with Gasteiger partial charge in [-0.15, -0.1) is 0 Å². The maximum Gasteiger partial charge on any atom is 0.268 e. The van der Waals surface area contributed by atoms with Gasteiger partial charge in [0.05, 0.1) is 0 Å². The van der Waals surface area contributed by atoms with Crippen LogP contribution in [-0.2, 0) is 0 Å². The van der Waals surface area contributed by atoms with E-state index in [0.29, 0.717) is 11.9 Å². The number of aliphatic hydroxyl groups is 1. The lowest BCUT2D eigenvalue weighted by atomic mass is 9.96. The molecule has 30 heavy (non-hydrogen) atoms. The largest absolute Gasteiger partial charge is 0.382 e. The summed E-state index contributed by atoms with van der Waals surface area (Å²) in [6.45, 7) is 3.17. The van der Waals surface area contributed by atoms with Crippen molar-refractivity contribution >= 4 is 5.91 Å². The van der Waals surface area contributed by atoms with Crippen LogP contribution in [0.1, 0.15) is 46.7 Å². The van der Waals surface area contributed by atoms with Crippen molar-refractivity contribution in [3.63, 3.8) is 0 Å². The van der Waals surface area contributed by atoms with Crippen LogP contribution in [0.2, 0.25) is 0 Å². The van der Waals surface area contributed by atoms with Gasteiger partial charge in [0, 0.05) is 17.2 Å². The van der Waals surface area contributed by atoms with E-state index in [1.807, 2.05) is 0 Å². The van der Waals surface area contributed by atoms with E-state index in [0.717, 1.165) is 24.3 Å². The lowest BCUT2D eigenvalue weighted by molar-refractivity contribution is -0.00579. The van der Waals surface area contributed by atoms with Crippen molar-refractivity contribution in [3.8, 4) is 11.1 Å². The number of aromatic nitrogens is 2. The monoisotopic (exact) mass is 423 g/mol. The van der Waals surface area contributed by atoms with Crippen LogP contribution in [0, 0.1) is 18.6 Å². The van der Waals surface area contributed by atoms with E-state index in [1.165, 1.54) is 6.07 Å². The van der Waals surface area contributed by atoms with Gasteiger partial charge in [0.1, 0.15) is 23.8 Å². The Hall–Kier alpha value is -3.27. The fraction of sp³-hybridized carbons (Fsp3) is 0.250. The molecule has 2 aromatic carbocycles. The average Bonchev–Trinajstić information content (AvgIpc) is 3.13. The van der Waals surface area contributed by atoms with Crippen molar-refractivity contribution in [1.29, 1.82) is 0 Å². The van der Waals surface area contributed by atoms with Gasteiger partial charge in [0.2, 0.25) is 5.89 Å². The minimum absolute atomic E-state index is 0.0242. The highest BCUT2D eigenvalue weighted by Gasteiger charge is 2.23. The molecule has 2 N–H and O–H groups in total. The lowest BCUT2D eigenvalue weighted by Gasteiger charge is -2.16. The predicted molar refractivity (Wildman–Crippen MR) is 97.7 cm³/mol. The fourth-order valence-corrected chi connectivity index (χ4v) is 2.81. The Morgan fingerprint density at radius 1 is 1.17 bits per heavy atom. The zero-order valence-electron chi connectivity index (χ0n) is 15.9. The highest BCUT2D eigenvalue weighted by atomic mass is 19.3. The SMILES string of the molecule is Cc1noc(C(C)NC(=O)c2cc(-c3ccc(F)cc3F)cc(C(O)C(F)F)c2)n1. The number of carbonyl (C=O) groups is 1. The third-order valence-electron chi connectivity index (χ3n) is 4.30. The first-order valence-corrected chi connectivity index (χ1v) is 8.83. The Morgan fingerprint density at radius 3 is 2.50 bits per heavy atom. The van der Waals surface area contributed by atoms with Crippen LogP contribution < -0.4 is 5.32 Å². The number of aliphatic hydroxyl groups excluding tert-OH is 1. The third kappa shape index (κ3) is 4.65. The Morgan fingerprint density at radius 2 is 1.90 bits per heavy atom. The topological polar surface area (TPSA) is 88.2 Å². The van der Waals surface area contributed by atoms with Gasteiger partial charge in [-0.25, -0.2) is 17.6 Å². The first kappa shape index (κ1) is 21.4. The molecule has 1 aromatic heterocycles. The molecule has 0 saturated carbocycles. The Balaban J connectivity index is 2.00. The van der Waals surface area contributed by atoms with Crippen LogP contribution in [0.5, 0.6) is 0 Å². The molecule has 1 heterocycles. The fourth-order valence-electron chi connectivity index (χ4n) is 2.81. The molecule has 3 aromatic rings. The maximum absolute atomic E-state index is 14.2. The van der Waals surface area contributed by atoms with Crippen molar-refractivity contribution in [3.05, 3.63) is 70.9 Å². The zero-order chi connectivity index (χ0) is 22.0. The van der Waals surface area contributed by atoms with Crippen LogP contribution >= 0.6 is 0 Å². The van der Waals surface area contributed by atoms with E-state index in [1.54, 1.807) is 13.8 Å². The highest BCUT2D eigenvalue weighted by Crippen LogP contribution is 2.30. The third-order valence-corrected chi connectivity index (χ3v) is 4.30. The van der Waals surface area contributed by atoms with E-state index >= 15 is 0 Å². The quantitative estimate of drug-likeness (QED) is 0.583. The molecule has 0 fully saturated rings. The van der Waals surface area contributed by atoms with E-state index in [4.69, 9.17) is 4.52 Å². The molecule has 3 rings (SSSR count). The van der Waals surface area contributed by atoms with Gasteiger partial charge in [-0.05, 0) is 55.3 Å². The summed E-state index contributed by atoms with van der Waals surface area (Å²) in [7, 11) is 0. The number of carbonyl (C=O) groups excluding carboxylic acids is 1. The normalized spacial score (nSPS) is 13.3. The van der Waals surface area contributed by atoms with Gasteiger partial charge < -0.3 is 14.9 Å². The molecule has 0 spiro atoms. The summed E-state index contributed by atoms with van der Waals surface area (Å²) in [5.74, 6) is -1.97. The minimum atomic E-state index is -3.13. The van der Waals surface area contributed by atoms with Gasteiger partial charge in [-0.2, -0.15) is 4.98 Å². The van der Waals surface area contributed by atoms with Crippen molar-refractivity contribution in [2.24, 2.45) is 0 Å². The molecule has 2 unspecified atom stereocenters. The summed E-state index contributed by atoms with van der Waals surface area (Å²) in [6.07, 6.45) is -5.33. The molecule has 0 saturated heterocycles. The number of aryl methyl sites for hydroxylation is 1. The molecular weight excluding hydrogens is 406 g/mol. The number of hydrogen-bond donors (Lipinski definition) is 2. The Bertz CT molecular complexity index is 1070. The van der Waals surface area contributed by atoms with Crippen molar-refractivity contribution in [1.82, 2.24) is 15.5 Å². The smallest absolute Gasteiger partial charge is 0.268 e. The number of rotatable bonds is 6. The first-order chi connectivity index (χ1) is 14.2. The molecule has 2 atom stereocenters. The number of amides is 1. The molecule has 0 radical (unpaired) electrons. The van der Waals surface area contributed by atoms with Crippen LogP contribution in [0.4, 0.5) is 17.6 Å². The second-order valence-electron chi connectivity index (χ2n) is 6.62. The van der Waals surface area contributed by atoms with Crippen LogP contribution in [0.3, 0.4) is 0 Å². The minimum Gasteiger partial charge on any atom is -0.382 e. The van der Waals surface area contributed by atoms with Crippen molar-refractivity contribution in [2.75, 3.05) is 0 Å². The van der Waals surface area contributed by atoms with Gasteiger partial charge in [0.15, 0.2) is 5.82 Å². The van der Waals surface area contributed by atoms with Crippen molar-refractivity contribution < 1.29 is 32.0 Å². The van der Waals surface area contributed by atoms with Gasteiger partial charge in [0.25, 0.3) is 12.3 Å². The predicted octanol–water partition coefficient (Wildman–Crippen LogP) is 4.11. The average molecular weight is 423 g/mol. The number of benzene rings is 2. The Kier molecular flexibility index (Phi) is 6.16. The summed E-state index contributed by atoms with van der Waals surface area (Å²) >= 11 is 0. The second kappa shape index (κ2) is 8.62. The molecular formula is C20H17F4N3O3. The maximum atomic E-state index is 14.2. The Labute approximate surface area is 168 Å². The number of halogens is 4. The van der Waals surface area contributed by atoms with Crippen molar-refractivity contribution in [2.45, 2.75) is 32.4 Å². The van der Waals surface area contributed by atoms with Crippen LogP contribution in [0.25, 0.3) is 11.1 Å².